The number of piperidine rings is 1. The van der Waals surface area contributed by atoms with Crippen molar-refractivity contribution in [2.45, 2.75) is 76.7 Å². The SMILES string of the molecule is Cc1nn(CCO)cc1CN1CCC(n2cc(C3CCCC3)nn2)CC1.O=C(O)C(F)(F)F. The summed E-state index contributed by atoms with van der Waals surface area (Å²) < 4.78 is 35.7. The standard InChI is InChI=1S/C19H30N6O.C2HF3O2/c1-15-17(13-24(21-15)10-11-26)12-23-8-6-18(7-9-23)25-14-19(20-22-25)16-4-2-3-5-16;3-2(4,5)1(6)7/h13-14,16,18,26H,2-12H2,1H3;(H,6,7). The van der Waals surface area contributed by atoms with E-state index < -0.39 is 12.1 Å². The van der Waals surface area contributed by atoms with E-state index >= 15 is 0 Å². The topological polar surface area (TPSA) is 109 Å². The van der Waals surface area contributed by atoms with Gasteiger partial charge in [0.25, 0.3) is 0 Å². The number of likely N-dealkylation sites (tertiary alicyclic amines) is 1. The van der Waals surface area contributed by atoms with E-state index in [9.17, 15) is 13.2 Å². The number of hydrogen-bond donors (Lipinski definition) is 2. The Morgan fingerprint density at radius 3 is 2.36 bits per heavy atom. The van der Waals surface area contributed by atoms with Gasteiger partial charge in [-0.15, -0.1) is 5.10 Å². The van der Waals surface area contributed by atoms with E-state index in [1.807, 2.05) is 4.68 Å². The Balaban J connectivity index is 0.000000383. The first-order valence-corrected chi connectivity index (χ1v) is 11.3. The van der Waals surface area contributed by atoms with E-state index in [1.165, 1.54) is 36.9 Å². The molecule has 0 radical (unpaired) electrons. The number of rotatable bonds is 6. The van der Waals surface area contributed by atoms with Gasteiger partial charge in [0.2, 0.25) is 0 Å². The number of aliphatic hydroxyl groups is 1. The smallest absolute Gasteiger partial charge is 0.475 e. The number of aromatic nitrogens is 5. The number of aliphatic hydroxyl groups excluding tert-OH is 1. The lowest BCUT2D eigenvalue weighted by atomic mass is 10.0. The molecule has 0 unspecified atom stereocenters. The maximum absolute atomic E-state index is 10.6. The van der Waals surface area contributed by atoms with Crippen molar-refractivity contribution in [1.82, 2.24) is 29.7 Å². The number of carbonyl (C=O) groups is 1. The maximum atomic E-state index is 10.6. The number of carboxylic acid groups (broad SMARTS) is 1. The van der Waals surface area contributed by atoms with Gasteiger partial charge >= 0.3 is 12.1 Å². The van der Waals surface area contributed by atoms with Gasteiger partial charge in [-0.1, -0.05) is 18.1 Å². The molecule has 1 aliphatic heterocycles. The van der Waals surface area contributed by atoms with E-state index in [0.29, 0.717) is 18.5 Å². The number of nitrogens with zero attached hydrogens (tertiary/aromatic N) is 6. The average molecular weight is 473 g/mol. The molecule has 3 heterocycles. The Kier molecular flexibility index (Phi) is 8.46. The Labute approximate surface area is 190 Å². The van der Waals surface area contributed by atoms with Crippen molar-refractivity contribution >= 4 is 5.97 Å². The third kappa shape index (κ3) is 7.00. The normalized spacial score (nSPS) is 18.3. The van der Waals surface area contributed by atoms with E-state index in [1.54, 1.807) is 0 Å². The summed E-state index contributed by atoms with van der Waals surface area (Å²) in [5.41, 5.74) is 3.54. The van der Waals surface area contributed by atoms with Crippen molar-refractivity contribution < 1.29 is 28.2 Å². The third-order valence-corrected chi connectivity index (χ3v) is 6.25. The summed E-state index contributed by atoms with van der Waals surface area (Å²) in [5, 5.41) is 29.6. The van der Waals surface area contributed by atoms with E-state index in [-0.39, 0.29) is 6.61 Å². The second kappa shape index (κ2) is 11.1. The molecule has 0 spiro atoms. The monoisotopic (exact) mass is 472 g/mol. The van der Waals surface area contributed by atoms with Crippen LogP contribution in [0.2, 0.25) is 0 Å². The lowest BCUT2D eigenvalue weighted by molar-refractivity contribution is -0.192. The third-order valence-electron chi connectivity index (χ3n) is 6.25. The van der Waals surface area contributed by atoms with Gasteiger partial charge in [-0.2, -0.15) is 18.3 Å². The summed E-state index contributed by atoms with van der Waals surface area (Å²) in [6, 6.07) is 0.479. The highest BCUT2D eigenvalue weighted by molar-refractivity contribution is 5.73. The van der Waals surface area contributed by atoms with Crippen molar-refractivity contribution in [2.24, 2.45) is 0 Å². The molecule has 0 bridgehead atoms. The number of carboxylic acids is 1. The molecule has 2 aromatic heterocycles. The summed E-state index contributed by atoms with van der Waals surface area (Å²) in [6.07, 6.45) is 6.67. The predicted octanol–water partition coefficient (Wildman–Crippen LogP) is 2.90. The Morgan fingerprint density at radius 2 is 1.79 bits per heavy atom. The van der Waals surface area contributed by atoms with Crippen molar-refractivity contribution in [2.75, 3.05) is 19.7 Å². The minimum Gasteiger partial charge on any atom is -0.475 e. The van der Waals surface area contributed by atoms with Gasteiger partial charge in [0.05, 0.1) is 30.6 Å². The minimum absolute atomic E-state index is 0.132. The van der Waals surface area contributed by atoms with Gasteiger partial charge in [-0.3, -0.25) is 9.58 Å². The first-order chi connectivity index (χ1) is 15.7. The number of aryl methyl sites for hydroxylation is 1. The van der Waals surface area contributed by atoms with Gasteiger partial charge in [0.15, 0.2) is 0 Å². The summed E-state index contributed by atoms with van der Waals surface area (Å²) in [4.78, 5) is 11.4. The largest absolute Gasteiger partial charge is 0.490 e. The van der Waals surface area contributed by atoms with Gasteiger partial charge in [-0.25, -0.2) is 9.48 Å². The van der Waals surface area contributed by atoms with Crippen LogP contribution in [0.15, 0.2) is 12.4 Å². The second-order valence-corrected chi connectivity index (χ2v) is 8.64. The number of aliphatic carboxylic acids is 1. The predicted molar refractivity (Wildman–Crippen MR) is 113 cm³/mol. The van der Waals surface area contributed by atoms with Gasteiger partial charge in [0, 0.05) is 43.5 Å². The first kappa shape index (κ1) is 25.2. The Hall–Kier alpha value is -2.47. The van der Waals surface area contributed by atoms with E-state index in [0.717, 1.165) is 38.2 Å². The zero-order valence-electron chi connectivity index (χ0n) is 18.7. The van der Waals surface area contributed by atoms with Crippen LogP contribution >= 0.6 is 0 Å². The van der Waals surface area contributed by atoms with Crippen molar-refractivity contribution in [1.29, 1.82) is 0 Å². The molecule has 2 N–H and O–H groups in total. The van der Waals surface area contributed by atoms with Crippen molar-refractivity contribution in [3.63, 3.8) is 0 Å². The van der Waals surface area contributed by atoms with Crippen LogP contribution in [0.3, 0.4) is 0 Å². The van der Waals surface area contributed by atoms with Crippen LogP contribution < -0.4 is 0 Å². The molecule has 2 aliphatic rings. The summed E-state index contributed by atoms with van der Waals surface area (Å²) in [7, 11) is 0. The molecule has 9 nitrogen and oxygen atoms in total. The highest BCUT2D eigenvalue weighted by Crippen LogP contribution is 2.33. The van der Waals surface area contributed by atoms with E-state index in [4.69, 9.17) is 15.0 Å². The summed E-state index contributed by atoms with van der Waals surface area (Å²) >= 11 is 0. The minimum atomic E-state index is -5.08. The molecule has 1 aliphatic carbocycles. The zero-order valence-corrected chi connectivity index (χ0v) is 18.7. The molecule has 4 rings (SSSR count). The molecule has 2 fully saturated rings. The van der Waals surface area contributed by atoms with Crippen LogP contribution in [-0.2, 0) is 17.9 Å². The fourth-order valence-electron chi connectivity index (χ4n) is 4.39. The fourth-order valence-corrected chi connectivity index (χ4v) is 4.39. The molecular weight excluding hydrogens is 441 g/mol. The zero-order chi connectivity index (χ0) is 24.0. The van der Waals surface area contributed by atoms with Crippen LogP contribution in [0.1, 0.15) is 67.4 Å². The quantitative estimate of drug-likeness (QED) is 0.665. The molecular formula is C21H31F3N6O3. The molecule has 2 aromatic rings. The van der Waals surface area contributed by atoms with E-state index in [2.05, 4.69) is 44.3 Å². The molecule has 0 aromatic carbocycles. The lowest BCUT2D eigenvalue weighted by Gasteiger charge is -2.31. The van der Waals surface area contributed by atoms with Gasteiger partial charge in [-0.05, 0) is 32.6 Å². The number of alkyl halides is 3. The highest BCUT2D eigenvalue weighted by Gasteiger charge is 2.38. The molecule has 12 heteroatoms. The van der Waals surface area contributed by atoms with Crippen LogP contribution in [0.25, 0.3) is 0 Å². The highest BCUT2D eigenvalue weighted by atomic mass is 19.4. The Morgan fingerprint density at radius 1 is 1.15 bits per heavy atom. The molecule has 184 valence electrons. The first-order valence-electron chi connectivity index (χ1n) is 11.3. The number of halogens is 3. The van der Waals surface area contributed by atoms with Crippen LogP contribution in [0, 0.1) is 6.92 Å². The molecule has 1 saturated heterocycles. The van der Waals surface area contributed by atoms with Crippen LogP contribution in [-0.4, -0.2) is 71.7 Å². The summed E-state index contributed by atoms with van der Waals surface area (Å²) in [5.74, 6) is -2.12. The van der Waals surface area contributed by atoms with Crippen molar-refractivity contribution in [3.05, 3.63) is 29.3 Å². The van der Waals surface area contributed by atoms with Gasteiger partial charge < -0.3 is 10.2 Å². The molecule has 1 saturated carbocycles. The Bertz CT molecular complexity index is 899. The summed E-state index contributed by atoms with van der Waals surface area (Å²) in [6.45, 7) is 5.84. The maximum Gasteiger partial charge on any atom is 0.490 e. The molecule has 0 amide bonds. The molecule has 0 atom stereocenters. The fraction of sp³-hybridized carbons (Fsp3) is 0.714. The average Bonchev–Trinajstić information content (AvgIpc) is 3.50. The molecule has 33 heavy (non-hydrogen) atoms. The van der Waals surface area contributed by atoms with Crippen LogP contribution in [0.5, 0.6) is 0 Å². The van der Waals surface area contributed by atoms with Gasteiger partial charge in [0.1, 0.15) is 0 Å². The lowest BCUT2D eigenvalue weighted by Crippen LogP contribution is -2.34. The van der Waals surface area contributed by atoms with Crippen LogP contribution in [0.4, 0.5) is 13.2 Å². The second-order valence-electron chi connectivity index (χ2n) is 8.64. The number of hydrogen-bond acceptors (Lipinski definition) is 6. The van der Waals surface area contributed by atoms with Crippen molar-refractivity contribution in [3.8, 4) is 0 Å².